The lowest BCUT2D eigenvalue weighted by atomic mass is 9.91. The summed E-state index contributed by atoms with van der Waals surface area (Å²) < 4.78 is 79.3. The number of rotatable bonds is 7. The summed E-state index contributed by atoms with van der Waals surface area (Å²) in [5, 5.41) is -0.903. The largest absolute Gasteiger partial charge is 0.265 e. The van der Waals surface area contributed by atoms with E-state index in [1.165, 1.54) is 28.6 Å². The van der Waals surface area contributed by atoms with Gasteiger partial charge in [0.25, 0.3) is 10.1 Å². The third-order valence-corrected chi connectivity index (χ3v) is 9.18. The predicted molar refractivity (Wildman–Crippen MR) is 117 cm³/mol. The minimum Gasteiger partial charge on any atom is -0.265 e. The van der Waals surface area contributed by atoms with Crippen LogP contribution < -0.4 is 0 Å². The van der Waals surface area contributed by atoms with Crippen LogP contribution in [0.15, 0.2) is 59.5 Å². The van der Waals surface area contributed by atoms with Gasteiger partial charge >= 0.3 is 0 Å². The molecule has 0 amide bonds. The molecule has 1 fully saturated rings. The van der Waals surface area contributed by atoms with Crippen LogP contribution >= 0.6 is 0 Å². The van der Waals surface area contributed by atoms with Gasteiger partial charge in [0.1, 0.15) is 0 Å². The first-order chi connectivity index (χ1) is 14.4. The van der Waals surface area contributed by atoms with Crippen molar-refractivity contribution in [2.45, 2.75) is 29.1 Å². The summed E-state index contributed by atoms with van der Waals surface area (Å²) in [5.74, 6) is -0.244. The Labute approximate surface area is 183 Å². The van der Waals surface area contributed by atoms with E-state index in [4.69, 9.17) is 4.18 Å². The Bertz CT molecular complexity index is 1220. The van der Waals surface area contributed by atoms with Gasteiger partial charge in [-0.05, 0) is 35.6 Å². The Morgan fingerprint density at radius 3 is 2.03 bits per heavy atom. The second-order valence-electron chi connectivity index (χ2n) is 7.70. The van der Waals surface area contributed by atoms with E-state index in [2.05, 4.69) is 0 Å². The maximum atomic E-state index is 13.3. The van der Waals surface area contributed by atoms with Crippen LogP contribution in [-0.2, 0) is 40.8 Å². The van der Waals surface area contributed by atoms with Gasteiger partial charge in [-0.15, -0.1) is 0 Å². The number of benzene rings is 2. The molecule has 0 radical (unpaired) electrons. The van der Waals surface area contributed by atoms with Gasteiger partial charge in [0.05, 0.1) is 29.3 Å². The monoisotopic (exact) mass is 487 g/mol. The molecule has 2 aromatic carbocycles. The molecule has 0 unspecified atom stereocenters. The molecular formula is C20H25NO7S3. The fourth-order valence-electron chi connectivity index (χ4n) is 3.62. The molecule has 8 nitrogen and oxygen atoms in total. The first-order valence-corrected chi connectivity index (χ1v) is 14.7. The Kier molecular flexibility index (Phi) is 6.92. The highest BCUT2D eigenvalue weighted by Crippen LogP contribution is 2.33. The maximum Gasteiger partial charge on any atom is 0.264 e. The Balaban J connectivity index is 1.87. The van der Waals surface area contributed by atoms with Crippen LogP contribution in [0, 0.1) is 0 Å². The summed E-state index contributed by atoms with van der Waals surface area (Å²) in [5.41, 5.74) is 1.40. The third-order valence-electron chi connectivity index (χ3n) is 5.25. The number of hydrogen-bond acceptors (Lipinski definition) is 7. The highest BCUT2D eigenvalue weighted by atomic mass is 32.2. The van der Waals surface area contributed by atoms with Crippen molar-refractivity contribution in [1.29, 1.82) is 0 Å². The fourth-order valence-corrected chi connectivity index (χ4v) is 6.73. The zero-order valence-corrected chi connectivity index (χ0v) is 19.7. The van der Waals surface area contributed by atoms with E-state index in [9.17, 15) is 25.3 Å². The standard InChI is InChI=1S/C20H25NO7S3/c1-29(22,23)21-13-18(17-6-4-3-5-7-17)12-20(14-21)31(26,27)19-10-8-16(9-11-19)15-28-30(2,24)25/h3-11,18,20H,12-15H2,1-2H3/t18-,20+/m0/s1. The third kappa shape index (κ3) is 6.13. The molecule has 2 atom stereocenters. The molecule has 0 bridgehead atoms. The van der Waals surface area contributed by atoms with Gasteiger partial charge in [-0.1, -0.05) is 42.5 Å². The molecule has 2 aromatic rings. The number of sulfonamides is 1. The molecule has 0 aromatic heterocycles. The molecule has 1 aliphatic heterocycles. The smallest absolute Gasteiger partial charge is 0.264 e. The molecular weight excluding hydrogens is 462 g/mol. The topological polar surface area (TPSA) is 115 Å². The van der Waals surface area contributed by atoms with Gasteiger partial charge in [0.2, 0.25) is 10.0 Å². The van der Waals surface area contributed by atoms with Crippen molar-refractivity contribution >= 4 is 30.0 Å². The molecule has 0 saturated carbocycles. The number of nitrogens with zero attached hydrogens (tertiary/aromatic N) is 1. The molecule has 0 aliphatic carbocycles. The van der Waals surface area contributed by atoms with Crippen LogP contribution in [0.1, 0.15) is 23.5 Å². The van der Waals surface area contributed by atoms with Crippen LogP contribution in [0.5, 0.6) is 0 Å². The van der Waals surface area contributed by atoms with E-state index in [1.807, 2.05) is 30.3 Å². The van der Waals surface area contributed by atoms with Gasteiger partial charge in [-0.2, -0.15) is 8.42 Å². The Morgan fingerprint density at radius 1 is 0.871 bits per heavy atom. The van der Waals surface area contributed by atoms with Crippen molar-refractivity contribution in [1.82, 2.24) is 4.31 Å². The molecule has 1 saturated heterocycles. The highest BCUT2D eigenvalue weighted by molar-refractivity contribution is 7.92. The molecule has 0 spiro atoms. The SMILES string of the molecule is CS(=O)(=O)OCc1ccc(S(=O)(=O)[C@@H]2C[C@H](c3ccccc3)CN(S(C)(=O)=O)C2)cc1. The quantitative estimate of drug-likeness (QED) is 0.547. The molecule has 170 valence electrons. The highest BCUT2D eigenvalue weighted by Gasteiger charge is 2.39. The normalized spacial score (nSPS) is 21.1. The first-order valence-electron chi connectivity index (χ1n) is 9.53. The molecule has 1 heterocycles. The van der Waals surface area contributed by atoms with Crippen molar-refractivity contribution < 1.29 is 29.4 Å². The van der Waals surface area contributed by atoms with Crippen molar-refractivity contribution in [2.75, 3.05) is 25.6 Å². The summed E-state index contributed by atoms with van der Waals surface area (Å²) in [4.78, 5) is 0.0581. The molecule has 3 rings (SSSR count). The van der Waals surface area contributed by atoms with Crippen LogP contribution in [0.2, 0.25) is 0 Å². The minimum atomic E-state index is -3.82. The van der Waals surface area contributed by atoms with Crippen molar-refractivity contribution in [3.8, 4) is 0 Å². The summed E-state index contributed by atoms with van der Waals surface area (Å²) in [7, 11) is -11.0. The Hall–Kier alpha value is -1.79. The molecule has 31 heavy (non-hydrogen) atoms. The zero-order chi connectivity index (χ0) is 22.9. The van der Waals surface area contributed by atoms with Crippen LogP contribution in [0.3, 0.4) is 0 Å². The lowest BCUT2D eigenvalue weighted by Crippen LogP contribution is -2.47. The van der Waals surface area contributed by atoms with E-state index in [-0.39, 0.29) is 30.5 Å². The van der Waals surface area contributed by atoms with E-state index in [0.29, 0.717) is 12.0 Å². The molecule has 1 aliphatic rings. The fraction of sp³-hybridized carbons (Fsp3) is 0.400. The summed E-state index contributed by atoms with van der Waals surface area (Å²) in [6.07, 6.45) is 2.32. The van der Waals surface area contributed by atoms with Crippen molar-refractivity contribution in [3.63, 3.8) is 0 Å². The zero-order valence-electron chi connectivity index (χ0n) is 17.2. The lowest BCUT2D eigenvalue weighted by molar-refractivity contribution is 0.311. The van der Waals surface area contributed by atoms with Gasteiger partial charge in [-0.3, -0.25) is 4.18 Å². The van der Waals surface area contributed by atoms with Gasteiger partial charge < -0.3 is 0 Å². The van der Waals surface area contributed by atoms with Gasteiger partial charge in [0, 0.05) is 13.1 Å². The second kappa shape index (κ2) is 8.99. The molecule has 11 heteroatoms. The maximum absolute atomic E-state index is 13.3. The minimum absolute atomic E-state index is 0.0581. The van der Waals surface area contributed by atoms with E-state index in [0.717, 1.165) is 18.1 Å². The van der Waals surface area contributed by atoms with Crippen molar-refractivity contribution in [3.05, 3.63) is 65.7 Å². The van der Waals surface area contributed by atoms with E-state index < -0.39 is 35.2 Å². The molecule has 0 N–H and O–H groups in total. The van der Waals surface area contributed by atoms with E-state index >= 15 is 0 Å². The second-order valence-corrected chi connectivity index (χ2v) is 13.6. The van der Waals surface area contributed by atoms with Crippen LogP contribution in [-0.4, -0.2) is 60.4 Å². The number of hydrogen-bond donors (Lipinski definition) is 0. The van der Waals surface area contributed by atoms with Gasteiger partial charge in [0.15, 0.2) is 9.84 Å². The summed E-state index contributed by atoms with van der Waals surface area (Å²) in [6, 6.07) is 15.1. The van der Waals surface area contributed by atoms with Crippen LogP contribution in [0.25, 0.3) is 0 Å². The Morgan fingerprint density at radius 2 is 1.48 bits per heavy atom. The van der Waals surface area contributed by atoms with Crippen molar-refractivity contribution in [2.24, 2.45) is 0 Å². The number of piperidine rings is 1. The first kappa shape index (κ1) is 23.9. The summed E-state index contributed by atoms with van der Waals surface area (Å²) >= 11 is 0. The lowest BCUT2D eigenvalue weighted by Gasteiger charge is -2.36. The number of sulfone groups is 1. The average molecular weight is 488 g/mol. The average Bonchev–Trinajstić information content (AvgIpc) is 2.72. The van der Waals surface area contributed by atoms with Gasteiger partial charge in [-0.25, -0.2) is 21.1 Å². The van der Waals surface area contributed by atoms with Crippen LogP contribution in [0.4, 0.5) is 0 Å². The van der Waals surface area contributed by atoms with E-state index in [1.54, 1.807) is 0 Å². The summed E-state index contributed by atoms with van der Waals surface area (Å²) in [6.45, 7) is -0.0688. The predicted octanol–water partition coefficient (Wildman–Crippen LogP) is 1.75.